The number of methoxy groups -OCH3 is 2. The van der Waals surface area contributed by atoms with Gasteiger partial charge in [0.25, 0.3) is 5.56 Å². The number of aromatic nitrogens is 2. The van der Waals surface area contributed by atoms with Gasteiger partial charge < -0.3 is 14.4 Å². The van der Waals surface area contributed by atoms with Crippen LogP contribution < -0.4 is 15.0 Å². The van der Waals surface area contributed by atoms with Gasteiger partial charge in [-0.1, -0.05) is 13.0 Å². The van der Waals surface area contributed by atoms with Crippen LogP contribution in [-0.4, -0.2) is 41.6 Å². The average Bonchev–Trinajstić information content (AvgIpc) is 3.13. The van der Waals surface area contributed by atoms with E-state index < -0.39 is 0 Å². The Morgan fingerprint density at radius 3 is 2.81 bits per heavy atom. The molecule has 0 radical (unpaired) electrons. The van der Waals surface area contributed by atoms with Gasteiger partial charge in [-0.05, 0) is 48.4 Å². The van der Waals surface area contributed by atoms with E-state index in [0.29, 0.717) is 29.3 Å². The van der Waals surface area contributed by atoms with Crippen molar-refractivity contribution in [3.63, 3.8) is 0 Å². The van der Waals surface area contributed by atoms with Gasteiger partial charge in [-0.15, -0.1) is 11.3 Å². The fourth-order valence-corrected chi connectivity index (χ4v) is 5.43. The summed E-state index contributed by atoms with van der Waals surface area (Å²) in [5.74, 6) is 1.73. The molecule has 1 aliphatic carbocycles. The lowest BCUT2D eigenvalue weighted by atomic mass is 9.89. The molecular weight excluding hydrogens is 414 g/mol. The number of carbonyl (C=O) groups excluding carboxylic acids is 1. The number of hydrogen-bond donors (Lipinski definition) is 0. The molecular formula is C23H27N3O4S. The number of ether oxygens (including phenoxy) is 2. The number of thiophene rings is 1. The summed E-state index contributed by atoms with van der Waals surface area (Å²) in [6.45, 7) is 2.61. The normalized spacial score (nSPS) is 15.5. The highest BCUT2D eigenvalue weighted by molar-refractivity contribution is 7.18. The molecule has 2 heterocycles. The van der Waals surface area contributed by atoms with Crippen LogP contribution in [0.2, 0.25) is 0 Å². The molecule has 0 spiro atoms. The summed E-state index contributed by atoms with van der Waals surface area (Å²) in [6, 6.07) is 5.56. The number of hydrogen-bond acceptors (Lipinski definition) is 6. The zero-order valence-corrected chi connectivity index (χ0v) is 19.1. The van der Waals surface area contributed by atoms with Gasteiger partial charge in [0.15, 0.2) is 11.5 Å². The Morgan fingerprint density at radius 1 is 1.29 bits per heavy atom. The van der Waals surface area contributed by atoms with Crippen molar-refractivity contribution in [2.24, 2.45) is 5.92 Å². The molecule has 1 amide bonds. The predicted molar refractivity (Wildman–Crippen MR) is 121 cm³/mol. The van der Waals surface area contributed by atoms with Crippen LogP contribution in [0.25, 0.3) is 10.2 Å². The fraction of sp³-hybridized carbons (Fsp3) is 0.435. The second-order valence-corrected chi connectivity index (χ2v) is 9.23. The van der Waals surface area contributed by atoms with Gasteiger partial charge in [0.2, 0.25) is 5.91 Å². The van der Waals surface area contributed by atoms with Crippen LogP contribution in [0.1, 0.15) is 29.3 Å². The maximum absolute atomic E-state index is 13.1. The highest BCUT2D eigenvalue weighted by atomic mass is 32.1. The zero-order chi connectivity index (χ0) is 22.1. The first kappa shape index (κ1) is 21.4. The van der Waals surface area contributed by atoms with Gasteiger partial charge in [0.05, 0.1) is 25.9 Å². The number of aryl methyl sites for hydroxylation is 1. The molecule has 1 aromatic carbocycles. The Kier molecular flexibility index (Phi) is 6.00. The Balaban J connectivity index is 1.53. The lowest BCUT2D eigenvalue weighted by Crippen LogP contribution is -2.33. The van der Waals surface area contributed by atoms with Crippen LogP contribution in [0.15, 0.2) is 29.3 Å². The maximum Gasteiger partial charge on any atom is 0.262 e. The number of benzene rings is 1. The molecule has 0 saturated heterocycles. The van der Waals surface area contributed by atoms with E-state index in [1.807, 2.05) is 18.2 Å². The first-order chi connectivity index (χ1) is 14.9. The van der Waals surface area contributed by atoms with E-state index in [2.05, 4.69) is 11.9 Å². The number of carbonyl (C=O) groups is 1. The van der Waals surface area contributed by atoms with Crippen LogP contribution in [0, 0.1) is 5.92 Å². The molecule has 7 nitrogen and oxygen atoms in total. The quantitative estimate of drug-likeness (QED) is 0.587. The summed E-state index contributed by atoms with van der Waals surface area (Å²) in [7, 11) is 4.89. The molecule has 31 heavy (non-hydrogen) atoms. The summed E-state index contributed by atoms with van der Waals surface area (Å²) in [4.78, 5) is 34.1. The van der Waals surface area contributed by atoms with E-state index in [-0.39, 0.29) is 18.0 Å². The minimum absolute atomic E-state index is 0.0351. The summed E-state index contributed by atoms with van der Waals surface area (Å²) in [5, 5.41) is 0.699. The number of nitrogens with zero attached hydrogens (tertiary/aromatic N) is 3. The van der Waals surface area contributed by atoms with Crippen molar-refractivity contribution in [1.82, 2.24) is 14.5 Å². The fourth-order valence-electron chi connectivity index (χ4n) is 4.09. The molecule has 3 aromatic rings. The molecule has 1 unspecified atom stereocenters. The third-order valence-corrected chi connectivity index (χ3v) is 7.04. The summed E-state index contributed by atoms with van der Waals surface area (Å²) in [5.41, 5.74) is 1.93. The van der Waals surface area contributed by atoms with Gasteiger partial charge in [-0.25, -0.2) is 4.98 Å². The van der Waals surface area contributed by atoms with Crippen molar-refractivity contribution in [1.29, 1.82) is 0 Å². The second kappa shape index (κ2) is 8.70. The smallest absolute Gasteiger partial charge is 0.262 e. The van der Waals surface area contributed by atoms with E-state index in [1.165, 1.54) is 15.8 Å². The van der Waals surface area contributed by atoms with E-state index in [9.17, 15) is 9.59 Å². The van der Waals surface area contributed by atoms with Crippen molar-refractivity contribution in [2.45, 2.75) is 39.3 Å². The molecule has 2 aromatic heterocycles. The van der Waals surface area contributed by atoms with Crippen LogP contribution in [0.5, 0.6) is 11.5 Å². The van der Waals surface area contributed by atoms with Gasteiger partial charge >= 0.3 is 0 Å². The van der Waals surface area contributed by atoms with Gasteiger partial charge in [0, 0.05) is 18.5 Å². The molecule has 0 saturated carbocycles. The maximum atomic E-state index is 13.1. The minimum atomic E-state index is -0.157. The van der Waals surface area contributed by atoms with Crippen molar-refractivity contribution >= 4 is 27.5 Å². The molecule has 0 N–H and O–H groups in total. The lowest BCUT2D eigenvalue weighted by Gasteiger charge is -2.19. The Hall–Kier alpha value is -2.87. The zero-order valence-electron chi connectivity index (χ0n) is 18.3. The van der Waals surface area contributed by atoms with Crippen molar-refractivity contribution < 1.29 is 14.3 Å². The van der Waals surface area contributed by atoms with Crippen molar-refractivity contribution in [3.8, 4) is 11.5 Å². The summed E-state index contributed by atoms with van der Waals surface area (Å²) < 4.78 is 12.0. The highest BCUT2D eigenvalue weighted by Gasteiger charge is 2.23. The van der Waals surface area contributed by atoms with Crippen LogP contribution in [0.4, 0.5) is 0 Å². The third-order valence-electron chi connectivity index (χ3n) is 5.88. The predicted octanol–water partition coefficient (Wildman–Crippen LogP) is 3.26. The first-order valence-corrected chi connectivity index (χ1v) is 11.2. The monoisotopic (exact) mass is 441 g/mol. The molecule has 4 rings (SSSR count). The highest BCUT2D eigenvalue weighted by Crippen LogP contribution is 2.35. The molecule has 0 bridgehead atoms. The second-order valence-electron chi connectivity index (χ2n) is 8.15. The molecule has 164 valence electrons. The van der Waals surface area contributed by atoms with E-state index in [4.69, 9.17) is 9.47 Å². The third kappa shape index (κ3) is 4.17. The molecule has 1 atom stereocenters. The lowest BCUT2D eigenvalue weighted by molar-refractivity contribution is -0.131. The summed E-state index contributed by atoms with van der Waals surface area (Å²) >= 11 is 1.62. The molecule has 0 aliphatic heterocycles. The van der Waals surface area contributed by atoms with Crippen LogP contribution in [0.3, 0.4) is 0 Å². The number of fused-ring (bicyclic) bond motifs is 3. The Labute approximate surface area is 185 Å². The average molecular weight is 442 g/mol. The Morgan fingerprint density at radius 2 is 2.06 bits per heavy atom. The van der Waals surface area contributed by atoms with E-state index >= 15 is 0 Å². The summed E-state index contributed by atoms with van der Waals surface area (Å²) in [6.07, 6.45) is 4.49. The number of amides is 1. The van der Waals surface area contributed by atoms with Gasteiger partial charge in [0.1, 0.15) is 11.4 Å². The largest absolute Gasteiger partial charge is 0.493 e. The van der Waals surface area contributed by atoms with Gasteiger partial charge in [-0.2, -0.15) is 0 Å². The van der Waals surface area contributed by atoms with Crippen LogP contribution >= 0.6 is 11.3 Å². The number of likely N-dealkylation sites (N-methyl/N-ethyl adjacent to an activating group) is 1. The van der Waals surface area contributed by atoms with Crippen molar-refractivity contribution in [3.05, 3.63) is 50.9 Å². The van der Waals surface area contributed by atoms with E-state index in [0.717, 1.165) is 35.2 Å². The van der Waals surface area contributed by atoms with Crippen molar-refractivity contribution in [2.75, 3.05) is 21.3 Å². The minimum Gasteiger partial charge on any atom is -0.493 e. The molecule has 0 fully saturated rings. The number of rotatable bonds is 6. The topological polar surface area (TPSA) is 73.7 Å². The molecule has 8 heteroatoms. The Bertz CT molecular complexity index is 1180. The van der Waals surface area contributed by atoms with E-state index in [1.54, 1.807) is 37.5 Å². The molecule has 1 aliphatic rings. The first-order valence-electron chi connectivity index (χ1n) is 10.4. The van der Waals surface area contributed by atoms with Crippen LogP contribution in [-0.2, 0) is 30.7 Å². The standard InChI is InChI=1S/C23H27N3O4S/c1-14-5-7-16-19(9-14)31-22-21(16)23(28)26(13-24-22)12-20(27)25(2)11-15-6-8-17(29-3)18(10-15)30-4/h6,8,10,13-14H,5,7,9,11-12H2,1-4H3. The van der Waals surface area contributed by atoms with Gasteiger partial charge in [-0.3, -0.25) is 14.2 Å². The SMILES string of the molecule is COc1ccc(CN(C)C(=O)Cn2cnc3sc4c(c3c2=O)CCC(C)C4)cc1OC.